The van der Waals surface area contributed by atoms with E-state index in [9.17, 15) is 4.79 Å². The smallest absolute Gasteiger partial charge is 0.139 e. The average molecular weight is 136 g/mol. The van der Waals surface area contributed by atoms with E-state index in [1.165, 1.54) is 6.42 Å². The zero-order valence-corrected chi connectivity index (χ0v) is 6.05. The summed E-state index contributed by atoms with van der Waals surface area (Å²) in [5, 5.41) is 0. The van der Waals surface area contributed by atoms with Gasteiger partial charge >= 0.3 is 0 Å². The van der Waals surface area contributed by atoms with E-state index >= 15 is 0 Å². The van der Waals surface area contributed by atoms with Gasteiger partial charge in [0, 0.05) is 11.8 Å². The largest absolute Gasteiger partial charge is 0.299 e. The average Bonchev–Trinajstić information content (AvgIpc) is 2.60. The number of hydrogen-bond acceptors (Lipinski definition) is 1. The first kappa shape index (κ1) is 6.14. The van der Waals surface area contributed by atoms with E-state index in [4.69, 9.17) is 0 Å². The topological polar surface area (TPSA) is 17.1 Å². The summed E-state index contributed by atoms with van der Waals surface area (Å²) >= 11 is 0. The van der Waals surface area contributed by atoms with Crippen LogP contribution in [-0.4, -0.2) is 5.78 Å². The van der Waals surface area contributed by atoms with Crippen molar-refractivity contribution in [2.24, 2.45) is 17.8 Å². The first-order valence-electron chi connectivity index (χ1n) is 3.97. The molecule has 0 aromatic heterocycles. The maximum absolute atomic E-state index is 11.3. The molecule has 1 heteroatoms. The second kappa shape index (κ2) is 1.94. The molecule has 2 fully saturated rings. The van der Waals surface area contributed by atoms with Gasteiger partial charge in [-0.25, -0.2) is 0 Å². The van der Waals surface area contributed by atoms with E-state index < -0.39 is 0 Å². The van der Waals surface area contributed by atoms with Gasteiger partial charge in [0.05, 0.1) is 0 Å². The molecule has 10 heavy (non-hydrogen) atoms. The number of carbonyl (C=O) groups is 1. The number of hydrogen-bond donors (Lipinski definition) is 0. The van der Waals surface area contributed by atoms with Crippen LogP contribution in [0.3, 0.4) is 0 Å². The van der Waals surface area contributed by atoms with Gasteiger partial charge in [-0.1, -0.05) is 6.08 Å². The third-order valence-corrected chi connectivity index (χ3v) is 2.73. The van der Waals surface area contributed by atoms with Crippen LogP contribution in [0, 0.1) is 17.8 Å². The van der Waals surface area contributed by atoms with Crippen LogP contribution in [0.5, 0.6) is 0 Å². The SMILES string of the molecule is C=CCC1CC2CC2C1=O. The minimum Gasteiger partial charge on any atom is -0.299 e. The molecule has 0 heterocycles. The molecule has 0 N–H and O–H groups in total. The fraction of sp³-hybridized carbons (Fsp3) is 0.667. The lowest BCUT2D eigenvalue weighted by atomic mass is 9.99. The highest BCUT2D eigenvalue weighted by Crippen LogP contribution is 2.52. The van der Waals surface area contributed by atoms with E-state index in [1.54, 1.807) is 0 Å². The maximum atomic E-state index is 11.3. The third-order valence-electron chi connectivity index (χ3n) is 2.73. The van der Waals surface area contributed by atoms with Gasteiger partial charge in [-0.05, 0) is 25.2 Å². The molecule has 1 nitrogen and oxygen atoms in total. The molecule has 0 bridgehead atoms. The molecule has 0 radical (unpaired) electrons. The van der Waals surface area contributed by atoms with Crippen LogP contribution >= 0.6 is 0 Å². The zero-order chi connectivity index (χ0) is 7.14. The highest BCUT2D eigenvalue weighted by molar-refractivity contribution is 5.88. The lowest BCUT2D eigenvalue weighted by molar-refractivity contribution is -0.122. The van der Waals surface area contributed by atoms with Crippen LogP contribution < -0.4 is 0 Å². The van der Waals surface area contributed by atoms with Crippen molar-refractivity contribution in [2.75, 3.05) is 0 Å². The maximum Gasteiger partial charge on any atom is 0.139 e. The van der Waals surface area contributed by atoms with E-state index in [0.29, 0.717) is 17.6 Å². The van der Waals surface area contributed by atoms with Crippen molar-refractivity contribution in [3.05, 3.63) is 12.7 Å². The van der Waals surface area contributed by atoms with Crippen molar-refractivity contribution in [3.63, 3.8) is 0 Å². The van der Waals surface area contributed by atoms with Gasteiger partial charge in [0.25, 0.3) is 0 Å². The number of ketones is 1. The zero-order valence-electron chi connectivity index (χ0n) is 6.05. The van der Waals surface area contributed by atoms with Crippen molar-refractivity contribution < 1.29 is 4.79 Å². The summed E-state index contributed by atoms with van der Waals surface area (Å²) in [4.78, 5) is 11.3. The molecule has 3 atom stereocenters. The van der Waals surface area contributed by atoms with Gasteiger partial charge in [-0.3, -0.25) is 4.79 Å². The molecule has 0 aromatic rings. The van der Waals surface area contributed by atoms with E-state index in [1.807, 2.05) is 6.08 Å². The van der Waals surface area contributed by atoms with Crippen molar-refractivity contribution in [1.82, 2.24) is 0 Å². The number of carbonyl (C=O) groups excluding carboxylic acids is 1. The molecular formula is C9H12O. The Morgan fingerprint density at radius 1 is 1.60 bits per heavy atom. The van der Waals surface area contributed by atoms with Crippen molar-refractivity contribution in [3.8, 4) is 0 Å². The molecule has 3 unspecified atom stereocenters. The minimum absolute atomic E-state index is 0.348. The predicted octanol–water partition coefficient (Wildman–Crippen LogP) is 1.79. The van der Waals surface area contributed by atoms with Gasteiger partial charge in [0.15, 0.2) is 0 Å². The fourth-order valence-electron chi connectivity index (χ4n) is 2.05. The molecule has 0 saturated heterocycles. The third kappa shape index (κ3) is 0.731. The van der Waals surface area contributed by atoms with Crippen molar-refractivity contribution in [2.45, 2.75) is 19.3 Å². The molecule has 0 spiro atoms. The van der Waals surface area contributed by atoms with Gasteiger partial charge < -0.3 is 0 Å². The Hall–Kier alpha value is -0.590. The van der Waals surface area contributed by atoms with Crippen LogP contribution in [0.15, 0.2) is 12.7 Å². The summed E-state index contributed by atoms with van der Waals surface area (Å²) in [5.74, 6) is 2.12. The van der Waals surface area contributed by atoms with E-state index in [0.717, 1.165) is 18.8 Å². The van der Waals surface area contributed by atoms with Crippen LogP contribution in [-0.2, 0) is 4.79 Å². The molecule has 2 aliphatic rings. The first-order valence-corrected chi connectivity index (χ1v) is 3.97. The summed E-state index contributed by atoms with van der Waals surface area (Å²) in [6.45, 7) is 3.65. The minimum atomic E-state index is 0.348. The highest BCUT2D eigenvalue weighted by Gasteiger charge is 2.52. The van der Waals surface area contributed by atoms with Crippen LogP contribution in [0.25, 0.3) is 0 Å². The lowest BCUT2D eigenvalue weighted by Gasteiger charge is -2.04. The molecule has 2 saturated carbocycles. The molecule has 0 amide bonds. The molecule has 0 aliphatic heterocycles. The summed E-state index contributed by atoms with van der Waals surface area (Å²) in [6, 6.07) is 0. The first-order chi connectivity index (χ1) is 4.83. The molecule has 0 aromatic carbocycles. The van der Waals surface area contributed by atoms with Gasteiger partial charge in [0.2, 0.25) is 0 Å². The number of allylic oxidation sites excluding steroid dienone is 1. The Morgan fingerprint density at radius 2 is 2.40 bits per heavy atom. The number of fused-ring (bicyclic) bond motifs is 1. The molecule has 54 valence electrons. The Kier molecular flexibility index (Phi) is 1.19. The standard InChI is InChI=1S/C9H12O/c1-2-3-6-4-7-5-8(7)9(6)10/h2,6-8H,1,3-5H2. The van der Waals surface area contributed by atoms with E-state index in [-0.39, 0.29) is 0 Å². The second-order valence-electron chi connectivity index (χ2n) is 3.46. The van der Waals surface area contributed by atoms with Crippen LogP contribution in [0.1, 0.15) is 19.3 Å². The second-order valence-corrected chi connectivity index (χ2v) is 3.46. The summed E-state index contributed by atoms with van der Waals surface area (Å²) in [5.41, 5.74) is 0. The van der Waals surface area contributed by atoms with Crippen molar-refractivity contribution in [1.29, 1.82) is 0 Å². The monoisotopic (exact) mass is 136 g/mol. The molecule has 2 rings (SSSR count). The lowest BCUT2D eigenvalue weighted by Crippen LogP contribution is -2.09. The number of Topliss-reactive ketones (excluding diaryl/α,β-unsaturated/α-hetero) is 1. The summed E-state index contributed by atoms with van der Waals surface area (Å²) in [7, 11) is 0. The van der Waals surface area contributed by atoms with Crippen LogP contribution in [0.2, 0.25) is 0 Å². The molecular weight excluding hydrogens is 124 g/mol. The van der Waals surface area contributed by atoms with E-state index in [2.05, 4.69) is 6.58 Å². The predicted molar refractivity (Wildman–Crippen MR) is 39.5 cm³/mol. The normalized spacial score (nSPS) is 43.2. The van der Waals surface area contributed by atoms with Gasteiger partial charge in [-0.2, -0.15) is 0 Å². The van der Waals surface area contributed by atoms with Crippen LogP contribution in [0.4, 0.5) is 0 Å². The Morgan fingerprint density at radius 3 is 2.90 bits per heavy atom. The molecule has 2 aliphatic carbocycles. The van der Waals surface area contributed by atoms with Crippen molar-refractivity contribution >= 4 is 5.78 Å². The fourth-order valence-corrected chi connectivity index (χ4v) is 2.05. The summed E-state index contributed by atoms with van der Waals surface area (Å²) < 4.78 is 0. The Balaban J connectivity index is 2.00. The van der Waals surface area contributed by atoms with Gasteiger partial charge in [-0.15, -0.1) is 6.58 Å². The Bertz CT molecular complexity index is 183. The highest BCUT2D eigenvalue weighted by atomic mass is 16.1. The quantitative estimate of drug-likeness (QED) is 0.529. The van der Waals surface area contributed by atoms with Gasteiger partial charge in [0.1, 0.15) is 5.78 Å². The Labute approximate surface area is 61.1 Å². The summed E-state index contributed by atoms with van der Waals surface area (Å²) in [6.07, 6.45) is 5.11. The number of rotatable bonds is 2.